The van der Waals surface area contributed by atoms with Crippen molar-refractivity contribution in [2.75, 3.05) is 21.3 Å². The molecule has 1 aromatic rings. The molecular formula is C12H16N2O6. The number of H-pyrrole nitrogens is 1. The molecule has 0 bridgehead atoms. The van der Waals surface area contributed by atoms with Gasteiger partial charge >= 0.3 is 11.9 Å². The second-order valence-corrected chi connectivity index (χ2v) is 3.92. The lowest BCUT2D eigenvalue weighted by atomic mass is 10.2. The van der Waals surface area contributed by atoms with E-state index in [1.54, 1.807) is 0 Å². The highest BCUT2D eigenvalue weighted by Crippen LogP contribution is 2.17. The summed E-state index contributed by atoms with van der Waals surface area (Å²) in [5.41, 5.74) is -0.478. The van der Waals surface area contributed by atoms with Gasteiger partial charge in [0.05, 0.1) is 20.6 Å². The molecule has 0 aromatic carbocycles. The third-order valence-corrected chi connectivity index (χ3v) is 2.72. The van der Waals surface area contributed by atoms with E-state index in [-0.39, 0.29) is 23.5 Å². The van der Waals surface area contributed by atoms with Gasteiger partial charge in [0.2, 0.25) is 0 Å². The molecule has 8 heteroatoms. The molecule has 8 nitrogen and oxygen atoms in total. The van der Waals surface area contributed by atoms with Gasteiger partial charge < -0.3 is 19.2 Å². The molecule has 1 atom stereocenters. The van der Waals surface area contributed by atoms with E-state index >= 15 is 0 Å². The Kier molecular flexibility index (Phi) is 5.39. The maximum Gasteiger partial charge on any atom is 0.357 e. The second kappa shape index (κ2) is 6.80. The van der Waals surface area contributed by atoms with Crippen molar-refractivity contribution in [1.29, 1.82) is 0 Å². The number of aromatic amines is 1. The molecule has 0 radical (unpaired) electrons. The van der Waals surface area contributed by atoms with Gasteiger partial charge in [-0.25, -0.2) is 9.78 Å². The van der Waals surface area contributed by atoms with Crippen LogP contribution in [-0.2, 0) is 19.0 Å². The van der Waals surface area contributed by atoms with Crippen molar-refractivity contribution in [3.05, 3.63) is 27.4 Å². The first kappa shape index (κ1) is 15.8. The number of nitrogens with one attached hydrogen (secondary N) is 1. The largest absolute Gasteiger partial charge is 0.469 e. The van der Waals surface area contributed by atoms with Gasteiger partial charge in [-0.2, -0.15) is 0 Å². The van der Waals surface area contributed by atoms with Crippen LogP contribution in [0.1, 0.15) is 34.4 Å². The van der Waals surface area contributed by atoms with Crippen LogP contribution in [0.2, 0.25) is 0 Å². The standard InChI is InChI=1S/C12H16N2O6/c1-6-9(12(17)20-4)13-10(14-11(6)16)7(18-2)5-8(15)19-3/h7H,5H2,1-4H3,(H,13,14,16). The van der Waals surface area contributed by atoms with Gasteiger partial charge in [0.25, 0.3) is 5.56 Å². The first-order valence-corrected chi connectivity index (χ1v) is 5.73. The van der Waals surface area contributed by atoms with Gasteiger partial charge in [-0.3, -0.25) is 9.59 Å². The lowest BCUT2D eigenvalue weighted by Gasteiger charge is -2.14. The van der Waals surface area contributed by atoms with Crippen LogP contribution in [0.4, 0.5) is 0 Å². The summed E-state index contributed by atoms with van der Waals surface area (Å²) in [6, 6.07) is 0. The van der Waals surface area contributed by atoms with E-state index in [4.69, 9.17) is 4.74 Å². The van der Waals surface area contributed by atoms with Crippen LogP contribution in [0.25, 0.3) is 0 Å². The van der Waals surface area contributed by atoms with E-state index in [0.29, 0.717) is 0 Å². The number of carbonyl (C=O) groups is 2. The van der Waals surface area contributed by atoms with Crippen molar-refractivity contribution in [1.82, 2.24) is 9.97 Å². The Morgan fingerprint density at radius 2 is 1.90 bits per heavy atom. The summed E-state index contributed by atoms with van der Waals surface area (Å²) in [4.78, 5) is 41.1. The number of ether oxygens (including phenoxy) is 3. The normalized spacial score (nSPS) is 11.8. The number of nitrogens with zero attached hydrogens (tertiary/aromatic N) is 1. The third kappa shape index (κ3) is 3.41. The monoisotopic (exact) mass is 284 g/mol. The summed E-state index contributed by atoms with van der Waals surface area (Å²) in [5, 5.41) is 0. The van der Waals surface area contributed by atoms with Crippen LogP contribution in [0.15, 0.2) is 4.79 Å². The van der Waals surface area contributed by atoms with E-state index in [9.17, 15) is 14.4 Å². The summed E-state index contributed by atoms with van der Waals surface area (Å²) < 4.78 is 14.2. The number of hydrogen-bond donors (Lipinski definition) is 1. The van der Waals surface area contributed by atoms with E-state index in [0.717, 1.165) is 0 Å². The highest BCUT2D eigenvalue weighted by Gasteiger charge is 2.22. The zero-order chi connectivity index (χ0) is 15.3. The van der Waals surface area contributed by atoms with Crippen LogP contribution in [0.5, 0.6) is 0 Å². The highest BCUT2D eigenvalue weighted by atomic mass is 16.5. The predicted octanol–water partition coefficient (Wildman–Crippen LogP) is 0.116. The van der Waals surface area contributed by atoms with Crippen LogP contribution < -0.4 is 5.56 Å². The van der Waals surface area contributed by atoms with Crippen LogP contribution >= 0.6 is 0 Å². The molecule has 0 aliphatic heterocycles. The van der Waals surface area contributed by atoms with Gasteiger partial charge in [-0.05, 0) is 6.92 Å². The minimum absolute atomic E-state index is 0.0638. The van der Waals surface area contributed by atoms with E-state index in [2.05, 4.69) is 19.4 Å². The topological polar surface area (TPSA) is 108 Å². The predicted molar refractivity (Wildman–Crippen MR) is 67.3 cm³/mol. The van der Waals surface area contributed by atoms with E-state index < -0.39 is 23.6 Å². The molecule has 0 amide bonds. The molecule has 1 unspecified atom stereocenters. The van der Waals surface area contributed by atoms with Crippen LogP contribution in [0, 0.1) is 6.92 Å². The number of hydrogen-bond acceptors (Lipinski definition) is 7. The summed E-state index contributed by atoms with van der Waals surface area (Å²) in [7, 11) is 3.78. The Labute approximate surface area is 115 Å². The Hall–Kier alpha value is -2.22. The fourth-order valence-electron chi connectivity index (χ4n) is 1.52. The van der Waals surface area contributed by atoms with Crippen molar-refractivity contribution in [2.45, 2.75) is 19.4 Å². The molecule has 1 heterocycles. The lowest BCUT2D eigenvalue weighted by Crippen LogP contribution is -2.24. The quantitative estimate of drug-likeness (QED) is 0.765. The molecule has 1 aromatic heterocycles. The Balaban J connectivity index is 3.24. The Morgan fingerprint density at radius 1 is 1.25 bits per heavy atom. The maximum atomic E-state index is 11.8. The number of esters is 2. The molecular weight excluding hydrogens is 268 g/mol. The average Bonchev–Trinajstić information content (AvgIpc) is 2.46. The molecule has 0 spiro atoms. The molecule has 110 valence electrons. The van der Waals surface area contributed by atoms with Crippen molar-refractivity contribution >= 4 is 11.9 Å². The highest BCUT2D eigenvalue weighted by molar-refractivity contribution is 5.88. The van der Waals surface area contributed by atoms with Crippen molar-refractivity contribution in [3.63, 3.8) is 0 Å². The molecule has 1 rings (SSSR count). The summed E-state index contributed by atoms with van der Waals surface area (Å²) in [6.07, 6.45) is -0.959. The van der Waals surface area contributed by atoms with Crippen LogP contribution in [0.3, 0.4) is 0 Å². The number of methoxy groups -OCH3 is 3. The average molecular weight is 284 g/mol. The molecule has 0 fully saturated rings. The minimum atomic E-state index is -0.820. The first-order valence-electron chi connectivity index (χ1n) is 5.73. The molecule has 0 saturated heterocycles. The minimum Gasteiger partial charge on any atom is -0.469 e. The molecule has 20 heavy (non-hydrogen) atoms. The molecule has 0 aliphatic carbocycles. The fourth-order valence-corrected chi connectivity index (χ4v) is 1.52. The first-order chi connectivity index (χ1) is 9.44. The smallest absolute Gasteiger partial charge is 0.357 e. The zero-order valence-corrected chi connectivity index (χ0v) is 11.7. The third-order valence-electron chi connectivity index (χ3n) is 2.72. The summed E-state index contributed by atoms with van der Waals surface area (Å²) in [5.74, 6) is -1.20. The zero-order valence-electron chi connectivity index (χ0n) is 11.7. The number of aromatic nitrogens is 2. The van der Waals surface area contributed by atoms with E-state index in [1.165, 1.54) is 28.3 Å². The molecule has 1 N–H and O–H groups in total. The molecule has 0 aliphatic rings. The lowest BCUT2D eigenvalue weighted by molar-refractivity contribution is -0.143. The van der Waals surface area contributed by atoms with E-state index in [1.807, 2.05) is 0 Å². The summed E-state index contributed by atoms with van der Waals surface area (Å²) >= 11 is 0. The molecule has 0 saturated carbocycles. The van der Waals surface area contributed by atoms with Gasteiger partial charge in [0.15, 0.2) is 5.69 Å². The van der Waals surface area contributed by atoms with Crippen molar-refractivity contribution in [3.8, 4) is 0 Å². The van der Waals surface area contributed by atoms with Gasteiger partial charge in [-0.15, -0.1) is 0 Å². The maximum absolute atomic E-state index is 11.8. The number of rotatable bonds is 5. The van der Waals surface area contributed by atoms with Crippen LogP contribution in [-0.4, -0.2) is 43.2 Å². The second-order valence-electron chi connectivity index (χ2n) is 3.92. The fraction of sp³-hybridized carbons (Fsp3) is 0.500. The van der Waals surface area contributed by atoms with Crippen molar-refractivity contribution < 1.29 is 23.8 Å². The SMILES string of the molecule is COC(=O)CC(OC)c1nc(C(=O)OC)c(C)c(=O)[nH]1. The summed E-state index contributed by atoms with van der Waals surface area (Å²) in [6.45, 7) is 1.45. The van der Waals surface area contributed by atoms with Crippen molar-refractivity contribution in [2.24, 2.45) is 0 Å². The Bertz CT molecular complexity index is 566. The van der Waals surface area contributed by atoms with Gasteiger partial charge in [0.1, 0.15) is 11.9 Å². The Morgan fingerprint density at radius 3 is 2.40 bits per heavy atom. The number of carbonyl (C=O) groups excluding carboxylic acids is 2. The van der Waals surface area contributed by atoms with Gasteiger partial charge in [0, 0.05) is 12.7 Å². The van der Waals surface area contributed by atoms with Gasteiger partial charge in [-0.1, -0.05) is 0 Å².